The maximum atomic E-state index is 5.85. The normalized spacial score (nSPS) is 19.2. The van der Waals surface area contributed by atoms with Crippen LogP contribution in [0.5, 0.6) is 0 Å². The molecule has 0 spiro atoms. The van der Waals surface area contributed by atoms with E-state index in [1.54, 1.807) is 0 Å². The Morgan fingerprint density at radius 1 is 1.27 bits per heavy atom. The van der Waals surface area contributed by atoms with Gasteiger partial charge in [0.15, 0.2) is 11.4 Å². The van der Waals surface area contributed by atoms with E-state index in [9.17, 15) is 0 Å². The van der Waals surface area contributed by atoms with Crippen molar-refractivity contribution in [2.45, 2.75) is 25.8 Å². The fraction of sp³-hybridized carbons (Fsp3) is 0.412. The van der Waals surface area contributed by atoms with Crippen LogP contribution in [-0.4, -0.2) is 40.8 Å². The SMILES string of the molecule is CCN1CCCC1CNc1cc2oc3ccccc3c2nn1. The first-order valence-electron chi connectivity index (χ1n) is 7.98. The molecule has 2 aromatic heterocycles. The van der Waals surface area contributed by atoms with E-state index in [0.29, 0.717) is 6.04 Å². The Hall–Kier alpha value is -2.14. The fourth-order valence-electron chi connectivity index (χ4n) is 3.36. The van der Waals surface area contributed by atoms with Crippen LogP contribution in [0, 0.1) is 0 Å². The molecule has 3 aromatic rings. The molecule has 0 saturated carbocycles. The van der Waals surface area contributed by atoms with Crippen LogP contribution in [0.2, 0.25) is 0 Å². The zero-order valence-corrected chi connectivity index (χ0v) is 12.7. The van der Waals surface area contributed by atoms with Gasteiger partial charge in [-0.1, -0.05) is 19.1 Å². The lowest BCUT2D eigenvalue weighted by Gasteiger charge is -2.22. The minimum atomic E-state index is 0.596. The number of para-hydroxylation sites is 1. The standard InChI is InChI=1S/C17H20N4O/c1-2-21-9-5-6-12(21)11-18-16-10-15-17(20-19-16)13-7-3-4-8-14(13)22-15/h3-4,7-8,10,12H,2,5-6,9,11H2,1H3,(H,18,19). The Kier molecular flexibility index (Phi) is 3.42. The summed E-state index contributed by atoms with van der Waals surface area (Å²) >= 11 is 0. The van der Waals surface area contributed by atoms with E-state index >= 15 is 0 Å². The van der Waals surface area contributed by atoms with Crippen LogP contribution in [0.3, 0.4) is 0 Å². The average molecular weight is 296 g/mol. The Morgan fingerprint density at radius 2 is 2.18 bits per heavy atom. The van der Waals surface area contributed by atoms with Crippen LogP contribution in [0.1, 0.15) is 19.8 Å². The van der Waals surface area contributed by atoms with Gasteiger partial charge in [-0.15, -0.1) is 10.2 Å². The molecule has 114 valence electrons. The van der Waals surface area contributed by atoms with Crippen LogP contribution in [0.4, 0.5) is 5.82 Å². The zero-order chi connectivity index (χ0) is 14.9. The van der Waals surface area contributed by atoms with E-state index in [-0.39, 0.29) is 0 Å². The van der Waals surface area contributed by atoms with E-state index in [1.807, 2.05) is 30.3 Å². The maximum absolute atomic E-state index is 5.85. The summed E-state index contributed by atoms with van der Waals surface area (Å²) in [5.74, 6) is 0.787. The average Bonchev–Trinajstić information content (AvgIpc) is 3.16. The van der Waals surface area contributed by atoms with E-state index in [1.165, 1.54) is 19.4 Å². The quantitative estimate of drug-likeness (QED) is 0.801. The number of nitrogens with zero attached hydrogens (tertiary/aromatic N) is 3. The molecule has 22 heavy (non-hydrogen) atoms. The van der Waals surface area contributed by atoms with Gasteiger partial charge in [0, 0.05) is 24.0 Å². The first kappa shape index (κ1) is 13.5. The van der Waals surface area contributed by atoms with E-state index < -0.39 is 0 Å². The second-order valence-electron chi connectivity index (χ2n) is 5.85. The minimum absolute atomic E-state index is 0.596. The molecule has 1 aliphatic rings. The lowest BCUT2D eigenvalue weighted by Crippen LogP contribution is -2.34. The lowest BCUT2D eigenvalue weighted by atomic mass is 10.2. The van der Waals surface area contributed by atoms with Crippen LogP contribution in [0.15, 0.2) is 34.7 Å². The summed E-state index contributed by atoms with van der Waals surface area (Å²) in [4.78, 5) is 2.51. The molecule has 1 fully saturated rings. The number of hydrogen-bond acceptors (Lipinski definition) is 5. The number of hydrogen-bond donors (Lipinski definition) is 1. The third-order valence-electron chi connectivity index (χ3n) is 4.55. The fourth-order valence-corrected chi connectivity index (χ4v) is 3.36. The summed E-state index contributed by atoms with van der Waals surface area (Å²) in [5.41, 5.74) is 2.48. The van der Waals surface area contributed by atoms with Crippen LogP contribution in [-0.2, 0) is 0 Å². The van der Waals surface area contributed by atoms with Crippen molar-refractivity contribution in [2.75, 3.05) is 25.0 Å². The first-order chi connectivity index (χ1) is 10.8. The first-order valence-corrected chi connectivity index (χ1v) is 7.98. The second kappa shape index (κ2) is 5.57. The number of anilines is 1. The molecule has 1 atom stereocenters. The molecule has 1 saturated heterocycles. The Bertz CT molecular complexity index is 798. The highest BCUT2D eigenvalue weighted by atomic mass is 16.3. The number of likely N-dealkylation sites (N-methyl/N-ethyl adjacent to an activating group) is 1. The molecular weight excluding hydrogens is 276 g/mol. The molecule has 1 N–H and O–H groups in total. The second-order valence-corrected chi connectivity index (χ2v) is 5.85. The molecular formula is C17H20N4O. The number of benzene rings is 1. The third-order valence-corrected chi connectivity index (χ3v) is 4.55. The van der Waals surface area contributed by atoms with Gasteiger partial charge >= 0.3 is 0 Å². The van der Waals surface area contributed by atoms with Crippen LogP contribution in [0.25, 0.3) is 22.1 Å². The van der Waals surface area contributed by atoms with Gasteiger partial charge in [-0.25, -0.2) is 0 Å². The summed E-state index contributed by atoms with van der Waals surface area (Å²) in [6, 6.07) is 10.5. The lowest BCUT2D eigenvalue weighted by molar-refractivity contribution is 0.277. The van der Waals surface area contributed by atoms with E-state index in [0.717, 1.165) is 41.0 Å². The Balaban J connectivity index is 1.56. The van der Waals surface area contributed by atoms with Crippen molar-refractivity contribution in [3.63, 3.8) is 0 Å². The van der Waals surface area contributed by atoms with Gasteiger partial charge in [0.25, 0.3) is 0 Å². The number of likely N-dealkylation sites (tertiary alicyclic amines) is 1. The predicted molar refractivity (Wildman–Crippen MR) is 88.1 cm³/mol. The predicted octanol–water partition coefficient (Wildman–Crippen LogP) is 3.27. The molecule has 0 aliphatic carbocycles. The topological polar surface area (TPSA) is 54.2 Å². The summed E-state index contributed by atoms with van der Waals surface area (Å²) in [6.07, 6.45) is 2.54. The highest BCUT2D eigenvalue weighted by molar-refractivity contribution is 6.02. The molecule has 3 heterocycles. The number of rotatable bonds is 4. The number of fused-ring (bicyclic) bond motifs is 3. The molecule has 1 aromatic carbocycles. The Morgan fingerprint density at radius 3 is 3.09 bits per heavy atom. The van der Waals surface area contributed by atoms with Crippen LogP contribution >= 0.6 is 0 Å². The third kappa shape index (κ3) is 2.31. The van der Waals surface area contributed by atoms with Gasteiger partial charge in [0.1, 0.15) is 11.1 Å². The summed E-state index contributed by atoms with van der Waals surface area (Å²) in [7, 11) is 0. The molecule has 1 unspecified atom stereocenters. The van der Waals surface area contributed by atoms with Gasteiger partial charge in [-0.3, -0.25) is 4.90 Å². The molecule has 0 bridgehead atoms. The number of nitrogens with one attached hydrogen (secondary N) is 1. The molecule has 0 radical (unpaired) electrons. The highest BCUT2D eigenvalue weighted by Gasteiger charge is 2.22. The largest absolute Gasteiger partial charge is 0.454 e. The maximum Gasteiger partial charge on any atom is 0.159 e. The van der Waals surface area contributed by atoms with Crippen molar-refractivity contribution in [1.82, 2.24) is 15.1 Å². The van der Waals surface area contributed by atoms with Crippen molar-refractivity contribution in [3.8, 4) is 0 Å². The Labute approximate surface area is 129 Å². The molecule has 4 rings (SSSR count). The van der Waals surface area contributed by atoms with Crippen molar-refractivity contribution in [1.29, 1.82) is 0 Å². The summed E-state index contributed by atoms with van der Waals surface area (Å²) < 4.78 is 5.85. The number of aromatic nitrogens is 2. The van der Waals surface area contributed by atoms with Gasteiger partial charge < -0.3 is 9.73 Å². The molecule has 5 heteroatoms. The highest BCUT2D eigenvalue weighted by Crippen LogP contribution is 2.27. The van der Waals surface area contributed by atoms with Crippen molar-refractivity contribution < 1.29 is 4.42 Å². The molecule has 5 nitrogen and oxygen atoms in total. The van der Waals surface area contributed by atoms with Crippen molar-refractivity contribution in [2.24, 2.45) is 0 Å². The monoisotopic (exact) mass is 296 g/mol. The minimum Gasteiger partial charge on any atom is -0.454 e. The smallest absolute Gasteiger partial charge is 0.159 e. The zero-order valence-electron chi connectivity index (χ0n) is 12.7. The van der Waals surface area contributed by atoms with E-state index in [4.69, 9.17) is 4.42 Å². The summed E-state index contributed by atoms with van der Waals surface area (Å²) in [5, 5.41) is 13.1. The van der Waals surface area contributed by atoms with Crippen molar-refractivity contribution in [3.05, 3.63) is 30.3 Å². The van der Waals surface area contributed by atoms with Crippen LogP contribution < -0.4 is 5.32 Å². The number of furan rings is 1. The van der Waals surface area contributed by atoms with Crippen molar-refractivity contribution >= 4 is 27.9 Å². The molecule has 1 aliphatic heterocycles. The van der Waals surface area contributed by atoms with Gasteiger partial charge in [0.2, 0.25) is 0 Å². The van der Waals surface area contributed by atoms with Gasteiger partial charge in [-0.2, -0.15) is 0 Å². The van der Waals surface area contributed by atoms with Gasteiger partial charge in [-0.05, 0) is 38.1 Å². The molecule has 0 amide bonds. The van der Waals surface area contributed by atoms with E-state index in [2.05, 4.69) is 27.3 Å². The van der Waals surface area contributed by atoms with Gasteiger partial charge in [0.05, 0.1) is 0 Å². The summed E-state index contributed by atoms with van der Waals surface area (Å²) in [6.45, 7) is 5.45.